The van der Waals surface area contributed by atoms with Crippen molar-refractivity contribution in [3.8, 4) is 5.75 Å². The molecule has 3 nitrogen and oxygen atoms in total. The second kappa shape index (κ2) is 6.92. The standard InChI is InChI=1S/C16H26N2O/c1-3-5-13(11-17)18-16-7-4-6-12-8-9-14(19-2)10-15(12)16/h8-10,13,16,18H,3-7,11,17H2,1-2H3. The average Bonchev–Trinajstić information content (AvgIpc) is 2.46. The van der Waals surface area contributed by atoms with E-state index >= 15 is 0 Å². The normalized spacial score (nSPS) is 19.8. The summed E-state index contributed by atoms with van der Waals surface area (Å²) in [6, 6.07) is 7.31. The first-order valence-electron chi connectivity index (χ1n) is 7.41. The van der Waals surface area contributed by atoms with Crippen molar-refractivity contribution in [2.75, 3.05) is 13.7 Å². The largest absolute Gasteiger partial charge is 0.497 e. The second-order valence-electron chi connectivity index (χ2n) is 5.40. The van der Waals surface area contributed by atoms with Gasteiger partial charge in [-0.05, 0) is 48.9 Å². The molecule has 0 amide bonds. The molecule has 0 saturated heterocycles. The molecule has 0 bridgehead atoms. The summed E-state index contributed by atoms with van der Waals surface area (Å²) in [5.41, 5.74) is 8.72. The Bertz CT molecular complexity index is 406. The van der Waals surface area contributed by atoms with Crippen molar-refractivity contribution < 1.29 is 4.74 Å². The summed E-state index contributed by atoms with van der Waals surface area (Å²) in [6.07, 6.45) is 5.94. The number of rotatable bonds is 6. The lowest BCUT2D eigenvalue weighted by molar-refractivity contribution is 0.376. The summed E-state index contributed by atoms with van der Waals surface area (Å²) in [7, 11) is 1.73. The van der Waals surface area contributed by atoms with Gasteiger partial charge in [0.2, 0.25) is 0 Å². The summed E-state index contributed by atoms with van der Waals surface area (Å²) in [5.74, 6) is 0.951. The van der Waals surface area contributed by atoms with Crippen LogP contribution < -0.4 is 15.8 Å². The van der Waals surface area contributed by atoms with E-state index in [0.717, 1.165) is 12.2 Å². The average molecular weight is 262 g/mol. The first-order valence-corrected chi connectivity index (χ1v) is 7.41. The number of methoxy groups -OCH3 is 1. The van der Waals surface area contributed by atoms with Crippen molar-refractivity contribution >= 4 is 0 Å². The summed E-state index contributed by atoms with van der Waals surface area (Å²) < 4.78 is 5.35. The van der Waals surface area contributed by atoms with E-state index in [1.807, 2.05) is 0 Å². The maximum Gasteiger partial charge on any atom is 0.119 e. The van der Waals surface area contributed by atoms with Crippen molar-refractivity contribution in [3.05, 3.63) is 29.3 Å². The van der Waals surface area contributed by atoms with Crippen molar-refractivity contribution in [2.24, 2.45) is 5.73 Å². The van der Waals surface area contributed by atoms with Gasteiger partial charge in [-0.2, -0.15) is 0 Å². The van der Waals surface area contributed by atoms with E-state index < -0.39 is 0 Å². The fourth-order valence-electron chi connectivity index (χ4n) is 2.98. The zero-order valence-electron chi connectivity index (χ0n) is 12.1. The minimum atomic E-state index is 0.423. The summed E-state index contributed by atoms with van der Waals surface area (Å²) in [5, 5.41) is 3.73. The quantitative estimate of drug-likeness (QED) is 0.828. The third-order valence-corrected chi connectivity index (χ3v) is 4.03. The van der Waals surface area contributed by atoms with E-state index in [-0.39, 0.29) is 0 Å². The van der Waals surface area contributed by atoms with E-state index in [4.69, 9.17) is 10.5 Å². The van der Waals surface area contributed by atoms with Gasteiger partial charge in [0.05, 0.1) is 7.11 Å². The lowest BCUT2D eigenvalue weighted by Gasteiger charge is -2.30. The van der Waals surface area contributed by atoms with Crippen molar-refractivity contribution in [2.45, 2.75) is 51.1 Å². The first-order chi connectivity index (χ1) is 9.28. The lowest BCUT2D eigenvalue weighted by Crippen LogP contribution is -2.39. The monoisotopic (exact) mass is 262 g/mol. The summed E-state index contributed by atoms with van der Waals surface area (Å²) in [4.78, 5) is 0. The zero-order valence-corrected chi connectivity index (χ0v) is 12.1. The molecule has 2 unspecified atom stereocenters. The predicted octanol–water partition coefficient (Wildman–Crippen LogP) is 2.79. The SMILES string of the molecule is CCCC(CN)NC1CCCc2ccc(OC)cc21. The van der Waals surface area contributed by atoms with Gasteiger partial charge in [-0.15, -0.1) is 0 Å². The molecule has 3 N–H and O–H groups in total. The Morgan fingerprint density at radius 3 is 3.00 bits per heavy atom. The number of hydrogen-bond donors (Lipinski definition) is 2. The van der Waals surface area contributed by atoms with Crippen molar-refractivity contribution in [3.63, 3.8) is 0 Å². The molecule has 0 heterocycles. The van der Waals surface area contributed by atoms with Crippen LogP contribution in [0.5, 0.6) is 5.75 Å². The molecule has 0 fully saturated rings. The fraction of sp³-hybridized carbons (Fsp3) is 0.625. The van der Waals surface area contributed by atoms with Gasteiger partial charge in [-0.3, -0.25) is 0 Å². The molecular formula is C16H26N2O. The van der Waals surface area contributed by atoms with Crippen LogP contribution in [-0.4, -0.2) is 19.7 Å². The molecule has 1 aromatic carbocycles. The number of fused-ring (bicyclic) bond motifs is 1. The van der Waals surface area contributed by atoms with Gasteiger partial charge in [-0.1, -0.05) is 19.4 Å². The van der Waals surface area contributed by atoms with Crippen LogP contribution in [0.15, 0.2) is 18.2 Å². The molecule has 2 rings (SSSR count). The summed E-state index contributed by atoms with van der Waals surface area (Å²) >= 11 is 0. The molecule has 2 atom stereocenters. The number of benzene rings is 1. The zero-order chi connectivity index (χ0) is 13.7. The predicted molar refractivity (Wildman–Crippen MR) is 79.6 cm³/mol. The molecular weight excluding hydrogens is 236 g/mol. The minimum absolute atomic E-state index is 0.423. The highest BCUT2D eigenvalue weighted by atomic mass is 16.5. The van der Waals surface area contributed by atoms with Gasteiger partial charge in [0.25, 0.3) is 0 Å². The smallest absolute Gasteiger partial charge is 0.119 e. The van der Waals surface area contributed by atoms with Crippen LogP contribution >= 0.6 is 0 Å². The van der Waals surface area contributed by atoms with Gasteiger partial charge in [0, 0.05) is 18.6 Å². The Kier molecular flexibility index (Phi) is 5.23. The molecule has 0 aliphatic heterocycles. The molecule has 1 aliphatic rings. The number of nitrogens with one attached hydrogen (secondary N) is 1. The lowest BCUT2D eigenvalue weighted by atomic mass is 9.87. The van der Waals surface area contributed by atoms with E-state index in [2.05, 4.69) is 30.4 Å². The van der Waals surface area contributed by atoms with E-state index in [9.17, 15) is 0 Å². The highest BCUT2D eigenvalue weighted by Crippen LogP contribution is 2.32. The number of nitrogens with two attached hydrogens (primary N) is 1. The molecule has 0 saturated carbocycles. The Morgan fingerprint density at radius 2 is 2.32 bits per heavy atom. The molecule has 0 spiro atoms. The maximum absolute atomic E-state index is 5.86. The maximum atomic E-state index is 5.86. The molecule has 0 aromatic heterocycles. The summed E-state index contributed by atoms with van der Waals surface area (Å²) in [6.45, 7) is 2.92. The van der Waals surface area contributed by atoms with Crippen LogP contribution in [0.25, 0.3) is 0 Å². The molecule has 3 heteroatoms. The van der Waals surface area contributed by atoms with Gasteiger partial charge < -0.3 is 15.8 Å². The van der Waals surface area contributed by atoms with Crippen LogP contribution in [0.4, 0.5) is 0 Å². The van der Waals surface area contributed by atoms with E-state index in [1.165, 1.54) is 36.8 Å². The third-order valence-electron chi connectivity index (χ3n) is 4.03. The van der Waals surface area contributed by atoms with Gasteiger partial charge in [-0.25, -0.2) is 0 Å². The van der Waals surface area contributed by atoms with Crippen LogP contribution in [0.3, 0.4) is 0 Å². The number of aryl methyl sites for hydroxylation is 1. The Labute approximate surface area is 116 Å². The molecule has 0 radical (unpaired) electrons. The molecule has 1 aromatic rings. The van der Waals surface area contributed by atoms with Gasteiger partial charge >= 0.3 is 0 Å². The van der Waals surface area contributed by atoms with Gasteiger partial charge in [0.1, 0.15) is 5.75 Å². The van der Waals surface area contributed by atoms with E-state index in [1.54, 1.807) is 7.11 Å². The van der Waals surface area contributed by atoms with Crippen LogP contribution in [0.2, 0.25) is 0 Å². The van der Waals surface area contributed by atoms with Crippen LogP contribution in [0.1, 0.15) is 49.8 Å². The topological polar surface area (TPSA) is 47.3 Å². The third kappa shape index (κ3) is 3.48. The Morgan fingerprint density at radius 1 is 1.47 bits per heavy atom. The van der Waals surface area contributed by atoms with Crippen LogP contribution in [0, 0.1) is 0 Å². The molecule has 106 valence electrons. The first kappa shape index (κ1) is 14.4. The van der Waals surface area contributed by atoms with Gasteiger partial charge in [0.15, 0.2) is 0 Å². The Hall–Kier alpha value is -1.06. The van der Waals surface area contributed by atoms with Crippen molar-refractivity contribution in [1.82, 2.24) is 5.32 Å². The highest BCUT2D eigenvalue weighted by molar-refractivity contribution is 5.39. The van der Waals surface area contributed by atoms with Crippen LogP contribution in [-0.2, 0) is 6.42 Å². The fourth-order valence-corrected chi connectivity index (χ4v) is 2.98. The number of ether oxygens (including phenoxy) is 1. The second-order valence-corrected chi connectivity index (χ2v) is 5.40. The molecule has 19 heavy (non-hydrogen) atoms. The Balaban J connectivity index is 2.15. The van der Waals surface area contributed by atoms with Crippen molar-refractivity contribution in [1.29, 1.82) is 0 Å². The number of hydrogen-bond acceptors (Lipinski definition) is 3. The molecule has 1 aliphatic carbocycles. The highest BCUT2D eigenvalue weighted by Gasteiger charge is 2.22. The minimum Gasteiger partial charge on any atom is -0.497 e. The van der Waals surface area contributed by atoms with E-state index in [0.29, 0.717) is 18.6 Å².